The van der Waals surface area contributed by atoms with E-state index in [2.05, 4.69) is 10.3 Å². The summed E-state index contributed by atoms with van der Waals surface area (Å²) < 4.78 is 0. The van der Waals surface area contributed by atoms with Crippen molar-refractivity contribution in [3.8, 4) is 0 Å². The van der Waals surface area contributed by atoms with Gasteiger partial charge in [-0.3, -0.25) is 0 Å². The van der Waals surface area contributed by atoms with Crippen molar-refractivity contribution in [1.82, 2.24) is 0 Å². The van der Waals surface area contributed by atoms with Crippen LogP contribution < -0.4 is 0 Å². The van der Waals surface area contributed by atoms with Crippen molar-refractivity contribution in [2.75, 3.05) is 0 Å². The number of thiophene rings is 1. The SMILES string of the molecule is CC1=NOC(C)(C(=O)O/N=C2\CCCc3sccc32)C1. The first kappa shape index (κ1) is 13.3. The van der Waals surface area contributed by atoms with Crippen LogP contribution in [0.5, 0.6) is 0 Å². The van der Waals surface area contributed by atoms with E-state index in [0.29, 0.717) is 6.42 Å². The lowest BCUT2D eigenvalue weighted by atomic mass is 9.97. The van der Waals surface area contributed by atoms with E-state index in [9.17, 15) is 4.79 Å². The second-order valence-electron chi connectivity index (χ2n) is 5.35. The van der Waals surface area contributed by atoms with Gasteiger partial charge in [0.15, 0.2) is 0 Å². The van der Waals surface area contributed by atoms with Gasteiger partial charge in [-0.2, -0.15) is 0 Å². The van der Waals surface area contributed by atoms with E-state index in [4.69, 9.17) is 9.68 Å². The maximum atomic E-state index is 12.1. The van der Waals surface area contributed by atoms with Gasteiger partial charge in [-0.25, -0.2) is 4.79 Å². The Bertz CT molecular complexity index is 605. The van der Waals surface area contributed by atoms with Gasteiger partial charge in [0.05, 0.1) is 11.4 Å². The summed E-state index contributed by atoms with van der Waals surface area (Å²) in [5, 5.41) is 9.90. The number of carbonyl (C=O) groups is 1. The lowest BCUT2D eigenvalue weighted by Crippen LogP contribution is -2.36. The van der Waals surface area contributed by atoms with Gasteiger partial charge in [-0.1, -0.05) is 10.3 Å². The molecule has 0 spiro atoms. The molecule has 2 heterocycles. The predicted molar refractivity (Wildman–Crippen MR) is 77.1 cm³/mol. The number of rotatable bonds is 2. The molecule has 6 heteroatoms. The average molecular weight is 292 g/mol. The molecule has 1 aliphatic heterocycles. The Balaban J connectivity index is 1.71. The van der Waals surface area contributed by atoms with Crippen LogP contribution in [0.3, 0.4) is 0 Å². The number of nitrogens with zero attached hydrogens (tertiary/aromatic N) is 2. The molecule has 1 atom stereocenters. The largest absolute Gasteiger partial charge is 0.381 e. The number of oxime groups is 2. The molecule has 106 valence electrons. The highest BCUT2D eigenvalue weighted by atomic mass is 32.1. The Morgan fingerprint density at radius 3 is 3.15 bits per heavy atom. The fourth-order valence-corrected chi connectivity index (χ4v) is 3.41. The number of fused-ring (bicyclic) bond motifs is 1. The highest BCUT2D eigenvalue weighted by Gasteiger charge is 2.43. The molecule has 0 aromatic carbocycles. The van der Waals surface area contributed by atoms with E-state index in [1.54, 1.807) is 18.3 Å². The summed E-state index contributed by atoms with van der Waals surface area (Å²) in [6.45, 7) is 3.50. The summed E-state index contributed by atoms with van der Waals surface area (Å²) in [4.78, 5) is 23.6. The van der Waals surface area contributed by atoms with E-state index in [0.717, 1.165) is 36.2 Å². The van der Waals surface area contributed by atoms with Crippen molar-refractivity contribution < 1.29 is 14.5 Å². The molecule has 0 amide bonds. The average Bonchev–Trinajstić information content (AvgIpc) is 3.03. The monoisotopic (exact) mass is 292 g/mol. The topological polar surface area (TPSA) is 60.2 Å². The van der Waals surface area contributed by atoms with Crippen molar-refractivity contribution in [3.63, 3.8) is 0 Å². The van der Waals surface area contributed by atoms with Gasteiger partial charge in [-0.15, -0.1) is 11.3 Å². The Morgan fingerprint density at radius 2 is 2.40 bits per heavy atom. The van der Waals surface area contributed by atoms with Crippen LogP contribution in [0, 0.1) is 0 Å². The molecule has 1 aromatic heterocycles. The van der Waals surface area contributed by atoms with Crippen LogP contribution in [0.15, 0.2) is 21.8 Å². The van der Waals surface area contributed by atoms with Crippen molar-refractivity contribution in [3.05, 3.63) is 21.9 Å². The van der Waals surface area contributed by atoms with Gasteiger partial charge in [0, 0.05) is 16.9 Å². The summed E-state index contributed by atoms with van der Waals surface area (Å²) in [6.07, 6.45) is 3.40. The summed E-state index contributed by atoms with van der Waals surface area (Å²) in [6, 6.07) is 2.03. The molecule has 0 saturated heterocycles. The first-order chi connectivity index (χ1) is 9.58. The third kappa shape index (κ3) is 2.35. The van der Waals surface area contributed by atoms with E-state index < -0.39 is 11.6 Å². The van der Waals surface area contributed by atoms with Gasteiger partial charge in [-0.05, 0) is 44.6 Å². The zero-order chi connectivity index (χ0) is 14.2. The lowest BCUT2D eigenvalue weighted by Gasteiger charge is -2.18. The van der Waals surface area contributed by atoms with Crippen LogP contribution in [0.4, 0.5) is 0 Å². The Morgan fingerprint density at radius 1 is 1.55 bits per heavy atom. The van der Waals surface area contributed by atoms with Gasteiger partial charge >= 0.3 is 5.97 Å². The minimum Gasteiger partial charge on any atom is -0.377 e. The molecule has 0 radical (unpaired) electrons. The molecule has 0 bridgehead atoms. The molecule has 1 unspecified atom stereocenters. The normalized spacial score (nSPS) is 26.9. The predicted octanol–water partition coefficient (Wildman–Crippen LogP) is 2.89. The molecule has 0 fully saturated rings. The highest BCUT2D eigenvalue weighted by molar-refractivity contribution is 7.10. The van der Waals surface area contributed by atoms with Crippen molar-refractivity contribution in [1.29, 1.82) is 0 Å². The minimum absolute atomic E-state index is 0.445. The Kier molecular flexibility index (Phi) is 3.33. The second-order valence-corrected chi connectivity index (χ2v) is 6.35. The van der Waals surface area contributed by atoms with Gasteiger partial charge in [0.25, 0.3) is 0 Å². The van der Waals surface area contributed by atoms with E-state index >= 15 is 0 Å². The van der Waals surface area contributed by atoms with Gasteiger partial charge in [0.1, 0.15) is 0 Å². The van der Waals surface area contributed by atoms with E-state index in [1.165, 1.54) is 4.88 Å². The third-order valence-corrected chi connectivity index (χ3v) is 4.52. The van der Waals surface area contributed by atoms with Crippen molar-refractivity contribution >= 4 is 28.7 Å². The van der Waals surface area contributed by atoms with Crippen LogP contribution in [0.1, 0.15) is 43.6 Å². The van der Waals surface area contributed by atoms with E-state index in [-0.39, 0.29) is 0 Å². The fraction of sp³-hybridized carbons (Fsp3) is 0.500. The lowest BCUT2D eigenvalue weighted by molar-refractivity contribution is -0.167. The molecule has 2 aliphatic rings. The summed E-state index contributed by atoms with van der Waals surface area (Å²) >= 11 is 1.72. The van der Waals surface area contributed by atoms with Gasteiger partial charge < -0.3 is 9.68 Å². The molecule has 3 rings (SSSR count). The highest BCUT2D eigenvalue weighted by Crippen LogP contribution is 2.28. The quantitative estimate of drug-likeness (QED) is 0.622. The number of carbonyl (C=O) groups excluding carboxylic acids is 1. The molecule has 0 saturated carbocycles. The molecule has 0 N–H and O–H groups in total. The number of hydrogen-bond donors (Lipinski definition) is 0. The summed E-state index contributed by atoms with van der Waals surface area (Å²) in [5.74, 6) is -0.493. The zero-order valence-corrected chi connectivity index (χ0v) is 12.3. The molecular formula is C14H16N2O3S. The Hall–Kier alpha value is -1.69. The maximum absolute atomic E-state index is 12.1. The van der Waals surface area contributed by atoms with Crippen LogP contribution in [-0.2, 0) is 20.9 Å². The van der Waals surface area contributed by atoms with Crippen molar-refractivity contribution in [2.45, 2.75) is 45.1 Å². The van der Waals surface area contributed by atoms with Crippen molar-refractivity contribution in [2.24, 2.45) is 10.3 Å². The first-order valence-electron chi connectivity index (χ1n) is 6.65. The molecule has 1 aromatic rings. The zero-order valence-electron chi connectivity index (χ0n) is 11.5. The van der Waals surface area contributed by atoms with Crippen LogP contribution in [0.2, 0.25) is 0 Å². The van der Waals surface area contributed by atoms with Crippen LogP contribution >= 0.6 is 11.3 Å². The molecule has 20 heavy (non-hydrogen) atoms. The van der Waals surface area contributed by atoms with Crippen LogP contribution in [0.25, 0.3) is 0 Å². The summed E-state index contributed by atoms with van der Waals surface area (Å²) in [7, 11) is 0. The first-order valence-corrected chi connectivity index (χ1v) is 7.53. The number of aryl methyl sites for hydroxylation is 1. The molecule has 5 nitrogen and oxygen atoms in total. The fourth-order valence-electron chi connectivity index (χ4n) is 2.47. The van der Waals surface area contributed by atoms with E-state index in [1.807, 2.05) is 18.4 Å². The maximum Gasteiger partial charge on any atom is 0.381 e. The van der Waals surface area contributed by atoms with Crippen LogP contribution in [-0.4, -0.2) is 23.0 Å². The summed E-state index contributed by atoms with van der Waals surface area (Å²) in [5.41, 5.74) is 1.70. The molecule has 1 aliphatic carbocycles. The third-order valence-electron chi connectivity index (χ3n) is 3.54. The van der Waals surface area contributed by atoms with Gasteiger partial charge in [0.2, 0.25) is 5.60 Å². The number of hydrogen-bond acceptors (Lipinski definition) is 6. The standard InChI is InChI=1S/C14H16N2O3S/c1-9-8-14(2,19-15-9)13(17)18-16-11-4-3-5-12-10(11)6-7-20-12/h6-7H,3-5,8H2,1-2H3/b16-11+. The minimum atomic E-state index is -1.04. The smallest absolute Gasteiger partial charge is 0.377 e. The second kappa shape index (κ2) is 5.01. The molecular weight excluding hydrogens is 276 g/mol. The Labute approximate surface area is 121 Å².